The summed E-state index contributed by atoms with van der Waals surface area (Å²) in [7, 11) is 0. The van der Waals surface area contributed by atoms with Crippen LogP contribution in [0, 0.1) is 3.57 Å². The van der Waals surface area contributed by atoms with Gasteiger partial charge < -0.3 is 0 Å². The van der Waals surface area contributed by atoms with Gasteiger partial charge >= 0.3 is 0 Å². The lowest BCUT2D eigenvalue weighted by molar-refractivity contribution is 1.47. The molecular formula is C9H6BrIS2. The highest BCUT2D eigenvalue weighted by Gasteiger charge is 2.06. The van der Waals surface area contributed by atoms with E-state index in [1.165, 1.54) is 22.3 Å². The van der Waals surface area contributed by atoms with E-state index < -0.39 is 0 Å². The summed E-state index contributed by atoms with van der Waals surface area (Å²) in [4.78, 5) is 1.36. The maximum atomic E-state index is 3.51. The van der Waals surface area contributed by atoms with Crippen molar-refractivity contribution in [1.82, 2.24) is 0 Å². The summed E-state index contributed by atoms with van der Waals surface area (Å²) in [5.74, 6) is 0. The number of fused-ring (bicyclic) bond motifs is 1. The van der Waals surface area contributed by atoms with Gasteiger partial charge in [-0.05, 0) is 62.3 Å². The minimum absolute atomic E-state index is 1.21. The number of thiophene rings is 1. The minimum atomic E-state index is 1.21. The number of rotatable bonds is 1. The average Bonchev–Trinajstić information content (AvgIpc) is 2.47. The summed E-state index contributed by atoms with van der Waals surface area (Å²) in [6.45, 7) is 0. The molecule has 1 heterocycles. The highest BCUT2D eigenvalue weighted by molar-refractivity contribution is 14.1. The predicted octanol–water partition coefficient (Wildman–Crippen LogP) is 4.99. The first-order valence-corrected chi connectivity index (χ1v) is 7.55. The van der Waals surface area contributed by atoms with E-state index in [9.17, 15) is 0 Å². The lowest BCUT2D eigenvalue weighted by atomic mass is 10.3. The summed E-state index contributed by atoms with van der Waals surface area (Å²) in [6, 6.07) is 6.55. The summed E-state index contributed by atoms with van der Waals surface area (Å²) < 4.78 is 3.97. The van der Waals surface area contributed by atoms with Crippen LogP contribution in [-0.4, -0.2) is 6.26 Å². The van der Waals surface area contributed by atoms with E-state index in [1.807, 2.05) is 0 Å². The monoisotopic (exact) mass is 384 g/mol. The smallest absolute Gasteiger partial charge is 0.0711 e. The lowest BCUT2D eigenvalue weighted by Crippen LogP contribution is -1.76. The molecule has 0 N–H and O–H groups in total. The van der Waals surface area contributed by atoms with Crippen molar-refractivity contribution in [2.75, 3.05) is 6.26 Å². The Hall–Kier alpha value is 0.740. The van der Waals surface area contributed by atoms with Gasteiger partial charge in [-0.25, -0.2) is 0 Å². The topological polar surface area (TPSA) is 0 Å². The number of hydrogen-bond donors (Lipinski definition) is 0. The van der Waals surface area contributed by atoms with Crippen molar-refractivity contribution in [3.8, 4) is 0 Å². The van der Waals surface area contributed by atoms with Crippen LogP contribution in [-0.2, 0) is 0 Å². The van der Waals surface area contributed by atoms with Gasteiger partial charge in [-0.3, -0.25) is 0 Å². The Morgan fingerprint density at radius 2 is 2.23 bits per heavy atom. The van der Waals surface area contributed by atoms with Gasteiger partial charge in [0.05, 0.1) is 3.79 Å². The molecule has 0 aliphatic rings. The Balaban J connectivity index is 2.78. The Morgan fingerprint density at radius 1 is 1.46 bits per heavy atom. The van der Waals surface area contributed by atoms with E-state index in [2.05, 4.69) is 63.0 Å². The fraction of sp³-hybridized carbons (Fsp3) is 0.111. The molecule has 0 saturated heterocycles. The van der Waals surface area contributed by atoms with E-state index >= 15 is 0 Å². The molecule has 0 radical (unpaired) electrons. The molecule has 0 saturated carbocycles. The lowest BCUT2D eigenvalue weighted by Gasteiger charge is -2.00. The Labute approximate surface area is 107 Å². The Morgan fingerprint density at radius 3 is 2.92 bits per heavy atom. The second kappa shape index (κ2) is 4.08. The molecule has 68 valence electrons. The second-order valence-corrected chi connectivity index (χ2v) is 6.91. The maximum Gasteiger partial charge on any atom is 0.0711 e. The molecule has 1 aromatic heterocycles. The summed E-state index contributed by atoms with van der Waals surface area (Å²) in [5, 5.41) is 1.33. The van der Waals surface area contributed by atoms with Gasteiger partial charge in [-0.2, -0.15) is 0 Å². The molecule has 0 unspecified atom stereocenters. The molecule has 0 aliphatic carbocycles. The van der Waals surface area contributed by atoms with Gasteiger partial charge in [-0.15, -0.1) is 23.1 Å². The molecule has 2 rings (SSSR count). The summed E-state index contributed by atoms with van der Waals surface area (Å²) in [5.41, 5.74) is 0. The van der Waals surface area contributed by atoms with Crippen molar-refractivity contribution < 1.29 is 0 Å². The van der Waals surface area contributed by atoms with Crippen molar-refractivity contribution in [3.05, 3.63) is 25.6 Å². The van der Waals surface area contributed by atoms with E-state index in [1.54, 1.807) is 23.1 Å². The number of thioether (sulfide) groups is 1. The zero-order valence-corrected chi connectivity index (χ0v) is 12.2. The minimum Gasteiger partial charge on any atom is -0.128 e. The molecule has 0 spiro atoms. The first kappa shape index (κ1) is 10.3. The van der Waals surface area contributed by atoms with Gasteiger partial charge in [0.2, 0.25) is 0 Å². The molecule has 0 amide bonds. The van der Waals surface area contributed by atoms with Crippen LogP contribution in [0.3, 0.4) is 0 Å². The molecule has 2 aromatic rings. The van der Waals surface area contributed by atoms with E-state index in [0.717, 1.165) is 0 Å². The van der Waals surface area contributed by atoms with Crippen LogP contribution in [0.2, 0.25) is 0 Å². The number of benzene rings is 1. The van der Waals surface area contributed by atoms with Gasteiger partial charge in [0, 0.05) is 13.2 Å². The molecule has 0 nitrogen and oxygen atoms in total. The zero-order valence-electron chi connectivity index (χ0n) is 6.80. The third kappa shape index (κ3) is 1.91. The molecule has 0 fully saturated rings. The normalized spacial score (nSPS) is 11.0. The summed E-state index contributed by atoms with van der Waals surface area (Å²) >= 11 is 9.54. The van der Waals surface area contributed by atoms with Crippen LogP contribution in [0.25, 0.3) is 10.1 Å². The highest BCUT2D eigenvalue weighted by atomic mass is 127. The molecule has 1 aromatic carbocycles. The van der Waals surface area contributed by atoms with E-state index in [-0.39, 0.29) is 0 Å². The van der Waals surface area contributed by atoms with Crippen LogP contribution in [0.5, 0.6) is 0 Å². The van der Waals surface area contributed by atoms with Crippen molar-refractivity contribution in [1.29, 1.82) is 0 Å². The number of hydrogen-bond acceptors (Lipinski definition) is 2. The first-order chi connectivity index (χ1) is 6.22. The van der Waals surface area contributed by atoms with Gasteiger partial charge in [-0.1, -0.05) is 6.07 Å². The van der Waals surface area contributed by atoms with Crippen LogP contribution in [0.15, 0.2) is 26.9 Å². The predicted molar refractivity (Wildman–Crippen MR) is 74.0 cm³/mol. The first-order valence-electron chi connectivity index (χ1n) is 3.64. The van der Waals surface area contributed by atoms with Crippen LogP contribution in [0.1, 0.15) is 0 Å². The highest BCUT2D eigenvalue weighted by Crippen LogP contribution is 2.36. The van der Waals surface area contributed by atoms with Crippen molar-refractivity contribution in [2.24, 2.45) is 0 Å². The maximum absolute atomic E-state index is 3.51. The third-order valence-electron chi connectivity index (χ3n) is 1.78. The van der Waals surface area contributed by atoms with Crippen LogP contribution < -0.4 is 0 Å². The van der Waals surface area contributed by atoms with Gasteiger partial charge in [0.25, 0.3) is 0 Å². The SMILES string of the molecule is CSc1ccc2cc(Br)sc2c1I. The van der Waals surface area contributed by atoms with Crippen molar-refractivity contribution >= 4 is 71.7 Å². The van der Waals surface area contributed by atoms with Gasteiger partial charge in [0.1, 0.15) is 0 Å². The quantitative estimate of drug-likeness (QED) is 0.493. The molecule has 4 heteroatoms. The second-order valence-electron chi connectivity index (χ2n) is 2.55. The van der Waals surface area contributed by atoms with Crippen molar-refractivity contribution in [3.63, 3.8) is 0 Å². The molecule has 0 aliphatic heterocycles. The Kier molecular flexibility index (Phi) is 3.22. The van der Waals surface area contributed by atoms with Crippen molar-refractivity contribution in [2.45, 2.75) is 4.90 Å². The standard InChI is InChI=1S/C9H6BrIS2/c1-12-6-3-2-5-4-7(10)13-9(5)8(6)11/h2-4H,1H3. The molecule has 13 heavy (non-hydrogen) atoms. The molecule has 0 bridgehead atoms. The largest absolute Gasteiger partial charge is 0.128 e. The molecule has 0 atom stereocenters. The third-order valence-corrected chi connectivity index (χ3v) is 6.08. The number of halogens is 2. The summed E-state index contributed by atoms with van der Waals surface area (Å²) in [6.07, 6.45) is 2.12. The van der Waals surface area contributed by atoms with Crippen LogP contribution >= 0.6 is 61.6 Å². The van der Waals surface area contributed by atoms with Gasteiger partial charge in [0.15, 0.2) is 0 Å². The fourth-order valence-corrected chi connectivity index (χ4v) is 4.77. The zero-order chi connectivity index (χ0) is 9.42. The van der Waals surface area contributed by atoms with E-state index in [4.69, 9.17) is 0 Å². The average molecular weight is 385 g/mol. The fourth-order valence-electron chi connectivity index (χ4n) is 1.18. The van der Waals surface area contributed by atoms with Crippen LogP contribution in [0.4, 0.5) is 0 Å². The van der Waals surface area contributed by atoms with E-state index in [0.29, 0.717) is 0 Å². The molecular weight excluding hydrogens is 379 g/mol. The Bertz CT molecular complexity index is 450.